The molecule has 94 valence electrons. The largest absolute Gasteiger partial charge is 0.302 e. The van der Waals surface area contributed by atoms with Crippen molar-refractivity contribution < 1.29 is 4.79 Å². The molecule has 1 N–H and O–H groups in total. The SMILES string of the molecule is CC(C)CC(=O)Nc1nc2c(s1)CN(C)CC2. The number of fused-ring (bicyclic) bond motifs is 1. The van der Waals surface area contributed by atoms with Crippen molar-refractivity contribution in [1.82, 2.24) is 9.88 Å². The predicted molar refractivity (Wildman–Crippen MR) is 70.2 cm³/mol. The van der Waals surface area contributed by atoms with E-state index < -0.39 is 0 Å². The lowest BCUT2D eigenvalue weighted by molar-refractivity contribution is -0.116. The summed E-state index contributed by atoms with van der Waals surface area (Å²) >= 11 is 1.61. The first-order valence-electron chi connectivity index (χ1n) is 6.01. The molecule has 0 bridgehead atoms. The van der Waals surface area contributed by atoms with Crippen molar-refractivity contribution >= 4 is 22.4 Å². The minimum atomic E-state index is 0.0689. The normalized spacial score (nSPS) is 16.0. The molecule has 5 heteroatoms. The van der Waals surface area contributed by atoms with Crippen molar-refractivity contribution in [3.63, 3.8) is 0 Å². The van der Waals surface area contributed by atoms with Gasteiger partial charge in [-0.2, -0.15) is 0 Å². The van der Waals surface area contributed by atoms with E-state index in [0.717, 1.165) is 30.3 Å². The van der Waals surface area contributed by atoms with E-state index in [9.17, 15) is 4.79 Å². The third-order valence-corrected chi connectivity index (χ3v) is 3.76. The number of hydrogen-bond acceptors (Lipinski definition) is 4. The molecular weight excluding hydrogens is 234 g/mol. The second-order valence-electron chi connectivity index (χ2n) is 5.02. The zero-order valence-corrected chi connectivity index (χ0v) is 11.4. The van der Waals surface area contributed by atoms with Gasteiger partial charge >= 0.3 is 0 Å². The number of amides is 1. The molecule has 0 saturated heterocycles. The van der Waals surface area contributed by atoms with E-state index >= 15 is 0 Å². The summed E-state index contributed by atoms with van der Waals surface area (Å²) in [6, 6.07) is 0. The van der Waals surface area contributed by atoms with Crippen LogP contribution in [-0.2, 0) is 17.8 Å². The lowest BCUT2D eigenvalue weighted by atomic mass is 10.1. The van der Waals surface area contributed by atoms with Crippen LogP contribution in [0.3, 0.4) is 0 Å². The molecule has 1 aliphatic heterocycles. The van der Waals surface area contributed by atoms with E-state index in [1.807, 2.05) is 13.8 Å². The molecule has 1 aliphatic rings. The van der Waals surface area contributed by atoms with Gasteiger partial charge in [0.1, 0.15) is 0 Å². The summed E-state index contributed by atoms with van der Waals surface area (Å²) in [4.78, 5) is 19.7. The summed E-state index contributed by atoms with van der Waals surface area (Å²) in [5.41, 5.74) is 1.16. The summed E-state index contributed by atoms with van der Waals surface area (Å²) in [5, 5.41) is 3.66. The zero-order valence-electron chi connectivity index (χ0n) is 10.6. The van der Waals surface area contributed by atoms with Crippen molar-refractivity contribution in [3.8, 4) is 0 Å². The molecule has 4 nitrogen and oxygen atoms in total. The highest BCUT2D eigenvalue weighted by Gasteiger charge is 2.19. The van der Waals surface area contributed by atoms with Crippen molar-refractivity contribution in [1.29, 1.82) is 0 Å². The molecule has 0 unspecified atom stereocenters. The number of likely N-dealkylation sites (N-methyl/N-ethyl adjacent to an activating group) is 1. The van der Waals surface area contributed by atoms with E-state index in [0.29, 0.717) is 12.3 Å². The lowest BCUT2D eigenvalue weighted by Gasteiger charge is -2.20. The number of aromatic nitrogens is 1. The number of carbonyl (C=O) groups excluding carboxylic acids is 1. The fourth-order valence-corrected chi connectivity index (χ4v) is 3.02. The number of nitrogens with one attached hydrogen (secondary N) is 1. The van der Waals surface area contributed by atoms with Crippen LogP contribution in [0.1, 0.15) is 30.8 Å². The minimum absolute atomic E-state index is 0.0689. The molecule has 0 aromatic carbocycles. The van der Waals surface area contributed by atoms with Crippen LogP contribution in [-0.4, -0.2) is 29.4 Å². The quantitative estimate of drug-likeness (QED) is 0.897. The summed E-state index contributed by atoms with van der Waals surface area (Å²) in [6.07, 6.45) is 1.55. The molecule has 1 aromatic heterocycles. The number of rotatable bonds is 3. The lowest BCUT2D eigenvalue weighted by Crippen LogP contribution is -2.25. The molecular formula is C12H19N3OS. The number of anilines is 1. The zero-order chi connectivity index (χ0) is 12.4. The smallest absolute Gasteiger partial charge is 0.226 e. The van der Waals surface area contributed by atoms with Crippen molar-refractivity contribution in [2.24, 2.45) is 5.92 Å². The summed E-state index contributed by atoms with van der Waals surface area (Å²) in [7, 11) is 2.11. The Morgan fingerprint density at radius 3 is 3.06 bits per heavy atom. The summed E-state index contributed by atoms with van der Waals surface area (Å²) < 4.78 is 0. The maximum Gasteiger partial charge on any atom is 0.226 e. The van der Waals surface area contributed by atoms with E-state index in [2.05, 4.69) is 22.2 Å². The van der Waals surface area contributed by atoms with Gasteiger partial charge in [-0.1, -0.05) is 13.8 Å². The molecule has 0 spiro atoms. The van der Waals surface area contributed by atoms with E-state index in [-0.39, 0.29) is 5.91 Å². The molecule has 0 aliphatic carbocycles. The Bertz CT molecular complexity index is 414. The van der Waals surface area contributed by atoms with Gasteiger partial charge in [0, 0.05) is 30.8 Å². The Kier molecular flexibility index (Phi) is 3.79. The van der Waals surface area contributed by atoms with Gasteiger partial charge < -0.3 is 10.2 Å². The fourth-order valence-electron chi connectivity index (χ4n) is 1.92. The molecule has 0 radical (unpaired) electrons. The van der Waals surface area contributed by atoms with E-state index in [1.54, 1.807) is 11.3 Å². The van der Waals surface area contributed by atoms with Crippen molar-refractivity contribution in [2.45, 2.75) is 33.2 Å². The number of carbonyl (C=O) groups is 1. The summed E-state index contributed by atoms with van der Waals surface area (Å²) in [6.45, 7) is 6.09. The highest BCUT2D eigenvalue weighted by molar-refractivity contribution is 7.15. The van der Waals surface area contributed by atoms with Crippen LogP contribution in [0.2, 0.25) is 0 Å². The van der Waals surface area contributed by atoms with Crippen LogP contribution >= 0.6 is 11.3 Å². The minimum Gasteiger partial charge on any atom is -0.302 e. The Morgan fingerprint density at radius 1 is 1.59 bits per heavy atom. The predicted octanol–water partition coefficient (Wildman–Crippen LogP) is 2.12. The molecule has 1 amide bonds. The molecule has 1 aromatic rings. The third kappa shape index (κ3) is 3.26. The second kappa shape index (κ2) is 5.14. The topological polar surface area (TPSA) is 45.2 Å². The Labute approximate surface area is 106 Å². The average Bonchev–Trinajstić information content (AvgIpc) is 2.57. The molecule has 0 saturated carbocycles. The first-order valence-corrected chi connectivity index (χ1v) is 6.83. The average molecular weight is 253 g/mol. The van der Waals surface area contributed by atoms with Crippen molar-refractivity contribution in [3.05, 3.63) is 10.6 Å². The highest BCUT2D eigenvalue weighted by Crippen LogP contribution is 2.27. The van der Waals surface area contributed by atoms with E-state index in [4.69, 9.17) is 0 Å². The van der Waals surface area contributed by atoms with Gasteiger partial charge in [-0.3, -0.25) is 4.79 Å². The standard InChI is InChI=1S/C12H19N3OS/c1-8(2)6-11(16)14-12-13-9-4-5-15(3)7-10(9)17-12/h8H,4-7H2,1-3H3,(H,13,14,16). The van der Waals surface area contributed by atoms with Crippen LogP contribution in [0.4, 0.5) is 5.13 Å². The van der Waals surface area contributed by atoms with Crippen LogP contribution in [0, 0.1) is 5.92 Å². The Morgan fingerprint density at radius 2 is 2.35 bits per heavy atom. The molecule has 2 heterocycles. The monoisotopic (exact) mass is 253 g/mol. The molecule has 2 rings (SSSR count). The number of thiazole rings is 1. The van der Waals surface area contributed by atoms with Crippen molar-refractivity contribution in [2.75, 3.05) is 18.9 Å². The van der Waals surface area contributed by atoms with Crippen LogP contribution in [0.5, 0.6) is 0 Å². The van der Waals surface area contributed by atoms with E-state index in [1.165, 1.54) is 4.88 Å². The third-order valence-electron chi connectivity index (χ3n) is 2.76. The maximum absolute atomic E-state index is 11.6. The van der Waals surface area contributed by atoms with Gasteiger partial charge in [0.05, 0.1) is 5.69 Å². The Hall–Kier alpha value is -0.940. The van der Waals surface area contributed by atoms with Gasteiger partial charge in [-0.15, -0.1) is 11.3 Å². The molecule has 17 heavy (non-hydrogen) atoms. The number of hydrogen-bond donors (Lipinski definition) is 1. The van der Waals surface area contributed by atoms with Gasteiger partial charge in [0.15, 0.2) is 5.13 Å². The molecule has 0 atom stereocenters. The summed E-state index contributed by atoms with van der Waals surface area (Å²) in [5.74, 6) is 0.454. The van der Waals surface area contributed by atoms with Crippen LogP contribution in [0.15, 0.2) is 0 Å². The first-order chi connectivity index (χ1) is 8.04. The van der Waals surface area contributed by atoms with Crippen LogP contribution < -0.4 is 5.32 Å². The fraction of sp³-hybridized carbons (Fsp3) is 0.667. The molecule has 0 fully saturated rings. The number of nitrogens with zero attached hydrogens (tertiary/aromatic N) is 2. The van der Waals surface area contributed by atoms with Gasteiger partial charge in [-0.25, -0.2) is 4.98 Å². The van der Waals surface area contributed by atoms with Gasteiger partial charge in [-0.05, 0) is 13.0 Å². The highest BCUT2D eigenvalue weighted by atomic mass is 32.1. The first kappa shape index (κ1) is 12.5. The Balaban J connectivity index is 2.01. The van der Waals surface area contributed by atoms with Gasteiger partial charge in [0.25, 0.3) is 0 Å². The van der Waals surface area contributed by atoms with Crippen LogP contribution in [0.25, 0.3) is 0 Å². The second-order valence-corrected chi connectivity index (χ2v) is 6.11. The van der Waals surface area contributed by atoms with Gasteiger partial charge in [0.2, 0.25) is 5.91 Å². The maximum atomic E-state index is 11.6.